The molecule has 0 saturated heterocycles. The number of aryl methyl sites for hydroxylation is 2. The van der Waals surface area contributed by atoms with Crippen molar-refractivity contribution >= 4 is 5.82 Å². The van der Waals surface area contributed by atoms with Crippen LogP contribution in [0.25, 0.3) is 22.5 Å². The molecule has 4 aromatic rings. The van der Waals surface area contributed by atoms with Crippen LogP contribution in [0.1, 0.15) is 48.4 Å². The first kappa shape index (κ1) is 20.8. The molecule has 1 atom stereocenters. The van der Waals surface area contributed by atoms with Gasteiger partial charge in [0, 0.05) is 48.5 Å². The van der Waals surface area contributed by atoms with Crippen molar-refractivity contribution in [3.8, 4) is 28.3 Å². The van der Waals surface area contributed by atoms with Crippen molar-refractivity contribution in [2.45, 2.75) is 45.8 Å². The molecule has 1 aromatic carbocycles. The second-order valence-electron chi connectivity index (χ2n) is 9.30. The van der Waals surface area contributed by atoms with Crippen molar-refractivity contribution in [3.63, 3.8) is 0 Å². The molecule has 1 aliphatic heterocycles. The summed E-state index contributed by atoms with van der Waals surface area (Å²) in [4.78, 5) is 6.00. The molecular weight excluding hydrogens is 433 g/mol. The molecule has 1 saturated carbocycles. The zero-order valence-corrected chi connectivity index (χ0v) is 19.4. The number of benzene rings is 1. The molecule has 9 heteroatoms. The highest BCUT2D eigenvalue weighted by molar-refractivity contribution is 5.71. The van der Waals surface area contributed by atoms with Gasteiger partial charge in [-0.15, -0.1) is 0 Å². The van der Waals surface area contributed by atoms with Crippen LogP contribution in [0.5, 0.6) is 5.75 Å². The van der Waals surface area contributed by atoms with Crippen LogP contribution in [0.4, 0.5) is 10.2 Å². The largest absolute Gasteiger partial charge is 0.482 e. The fourth-order valence-corrected chi connectivity index (χ4v) is 4.79. The number of rotatable bonds is 2. The Labute approximate surface area is 196 Å². The van der Waals surface area contributed by atoms with Crippen molar-refractivity contribution in [2.24, 2.45) is 13.0 Å². The van der Waals surface area contributed by atoms with Crippen molar-refractivity contribution in [1.82, 2.24) is 29.8 Å². The average Bonchev–Trinajstić information content (AvgIpc) is 3.46. The van der Waals surface area contributed by atoms with E-state index in [2.05, 4.69) is 14.8 Å². The number of nitrogens with zero attached hydrogens (tertiary/aromatic N) is 6. The van der Waals surface area contributed by atoms with Crippen LogP contribution < -0.4 is 10.5 Å². The molecule has 1 fully saturated rings. The number of aromatic nitrogens is 6. The average molecular weight is 460 g/mol. The lowest BCUT2D eigenvalue weighted by Gasteiger charge is -2.20. The fraction of sp³-hybridized carbons (Fsp3) is 0.360. The predicted molar refractivity (Wildman–Crippen MR) is 126 cm³/mol. The Morgan fingerprint density at radius 1 is 1.18 bits per heavy atom. The van der Waals surface area contributed by atoms with Gasteiger partial charge in [0.25, 0.3) is 0 Å². The summed E-state index contributed by atoms with van der Waals surface area (Å²) in [6.45, 7) is 4.76. The van der Waals surface area contributed by atoms with E-state index < -0.39 is 6.10 Å². The third-order valence-corrected chi connectivity index (χ3v) is 6.67. The fourth-order valence-electron chi connectivity index (χ4n) is 4.79. The Hall–Kier alpha value is -3.75. The topological polar surface area (TPSA) is 96.7 Å². The number of ether oxygens (including phenoxy) is 1. The molecule has 34 heavy (non-hydrogen) atoms. The van der Waals surface area contributed by atoms with Crippen LogP contribution in [0, 0.1) is 18.7 Å². The van der Waals surface area contributed by atoms with E-state index >= 15 is 0 Å². The van der Waals surface area contributed by atoms with Gasteiger partial charge in [0.15, 0.2) is 11.6 Å². The number of hydrogen-bond acceptors (Lipinski definition) is 6. The van der Waals surface area contributed by atoms with Gasteiger partial charge in [0.05, 0.1) is 17.1 Å². The number of fused-ring (bicyclic) bond motifs is 7. The van der Waals surface area contributed by atoms with Crippen LogP contribution in [-0.4, -0.2) is 29.8 Å². The maximum atomic E-state index is 14.3. The van der Waals surface area contributed by atoms with Crippen LogP contribution in [0.2, 0.25) is 0 Å². The standard InChI is InChI=1S/C25H26FN7O/c1-13-19-10-21-23(31-32(3)30-21)18-7-6-17(26)9-20(18)14(2)34-22-8-16(11-28-25(22)27)24(19)33(29-13)12-15-4-5-15/h6-9,11,14-15H,4-5,10,12H2,1-3H3,(H2,27,28)/t14-/m1/s1. The highest BCUT2D eigenvalue weighted by Gasteiger charge is 2.29. The minimum Gasteiger partial charge on any atom is -0.482 e. The molecule has 0 spiro atoms. The van der Waals surface area contributed by atoms with Crippen LogP contribution in [0.3, 0.4) is 0 Å². The molecule has 8 nitrogen and oxygen atoms in total. The quantitative estimate of drug-likeness (QED) is 0.482. The lowest BCUT2D eigenvalue weighted by atomic mass is 9.95. The van der Waals surface area contributed by atoms with Gasteiger partial charge in [0.1, 0.15) is 17.6 Å². The van der Waals surface area contributed by atoms with Gasteiger partial charge in [-0.25, -0.2) is 9.37 Å². The van der Waals surface area contributed by atoms with Gasteiger partial charge < -0.3 is 10.5 Å². The van der Waals surface area contributed by atoms with E-state index in [1.54, 1.807) is 24.1 Å². The van der Waals surface area contributed by atoms with Crippen LogP contribution in [-0.2, 0) is 20.0 Å². The first-order valence-corrected chi connectivity index (χ1v) is 11.6. The van der Waals surface area contributed by atoms with Gasteiger partial charge in [-0.1, -0.05) is 0 Å². The summed E-state index contributed by atoms with van der Waals surface area (Å²) >= 11 is 0. The number of nitrogens with two attached hydrogens (primary N) is 1. The molecule has 2 bridgehead atoms. The van der Waals surface area contributed by atoms with Gasteiger partial charge >= 0.3 is 0 Å². The van der Waals surface area contributed by atoms with E-state index in [9.17, 15) is 4.39 Å². The molecule has 2 aliphatic rings. The third kappa shape index (κ3) is 3.52. The maximum absolute atomic E-state index is 14.3. The number of hydrogen-bond donors (Lipinski definition) is 1. The smallest absolute Gasteiger partial charge is 0.166 e. The summed E-state index contributed by atoms with van der Waals surface area (Å²) in [6, 6.07) is 6.59. The van der Waals surface area contributed by atoms with E-state index in [1.807, 2.05) is 19.9 Å². The van der Waals surface area contributed by atoms with E-state index in [0.29, 0.717) is 29.3 Å². The molecule has 0 unspecified atom stereocenters. The summed E-state index contributed by atoms with van der Waals surface area (Å²) < 4.78 is 22.7. The Morgan fingerprint density at radius 3 is 2.79 bits per heavy atom. The molecule has 4 heterocycles. The molecule has 174 valence electrons. The van der Waals surface area contributed by atoms with Gasteiger partial charge in [0.2, 0.25) is 0 Å². The number of nitrogen functional groups attached to an aromatic ring is 1. The second kappa shape index (κ2) is 7.65. The third-order valence-electron chi connectivity index (χ3n) is 6.67. The molecule has 0 radical (unpaired) electrons. The van der Waals surface area contributed by atoms with Gasteiger partial charge in [-0.3, -0.25) is 4.68 Å². The Bertz CT molecular complexity index is 1420. The van der Waals surface area contributed by atoms with E-state index in [0.717, 1.165) is 40.3 Å². The summed E-state index contributed by atoms with van der Waals surface area (Å²) in [5.41, 5.74) is 13.1. The zero-order valence-electron chi connectivity index (χ0n) is 19.4. The van der Waals surface area contributed by atoms with Crippen molar-refractivity contribution in [1.29, 1.82) is 0 Å². The molecule has 0 amide bonds. The van der Waals surface area contributed by atoms with E-state index in [1.165, 1.54) is 25.0 Å². The first-order valence-electron chi connectivity index (χ1n) is 11.6. The van der Waals surface area contributed by atoms with Gasteiger partial charge in [-0.05, 0) is 56.9 Å². The lowest BCUT2D eigenvalue weighted by Crippen LogP contribution is -2.10. The second-order valence-corrected chi connectivity index (χ2v) is 9.30. The SMILES string of the molecule is Cc1nn(CC2CC2)c2c1Cc1nn(C)nc1-c1ccc(F)cc1[C@@H](C)Oc1cc-2cnc1N. The van der Waals surface area contributed by atoms with Crippen LogP contribution >= 0.6 is 0 Å². The number of anilines is 1. The molecule has 3 aromatic heterocycles. The maximum Gasteiger partial charge on any atom is 0.166 e. The van der Waals surface area contributed by atoms with Crippen molar-refractivity contribution in [3.05, 3.63) is 58.8 Å². The Balaban J connectivity index is 1.62. The highest BCUT2D eigenvalue weighted by atomic mass is 19.1. The Morgan fingerprint density at radius 2 is 2.00 bits per heavy atom. The van der Waals surface area contributed by atoms with Gasteiger partial charge in [-0.2, -0.15) is 20.1 Å². The van der Waals surface area contributed by atoms with E-state index in [-0.39, 0.29) is 11.6 Å². The number of pyridine rings is 1. The van der Waals surface area contributed by atoms with Crippen molar-refractivity contribution in [2.75, 3.05) is 5.73 Å². The first-order chi connectivity index (χ1) is 16.4. The number of halogens is 1. The summed E-state index contributed by atoms with van der Waals surface area (Å²) in [7, 11) is 1.80. The monoisotopic (exact) mass is 459 g/mol. The summed E-state index contributed by atoms with van der Waals surface area (Å²) in [6.07, 6.45) is 4.27. The molecule has 2 N–H and O–H groups in total. The molecule has 1 aliphatic carbocycles. The molecule has 6 rings (SSSR count). The molecular formula is C25H26FN7O. The highest BCUT2D eigenvalue weighted by Crippen LogP contribution is 2.40. The minimum absolute atomic E-state index is 0.289. The Kier molecular flexibility index (Phi) is 4.68. The van der Waals surface area contributed by atoms with E-state index in [4.69, 9.17) is 20.7 Å². The predicted octanol–water partition coefficient (Wildman–Crippen LogP) is 4.22. The summed E-state index contributed by atoms with van der Waals surface area (Å²) in [5, 5.41) is 14.3. The van der Waals surface area contributed by atoms with Crippen LogP contribution in [0.15, 0.2) is 30.5 Å². The normalized spacial score (nSPS) is 17.1. The van der Waals surface area contributed by atoms with Crippen molar-refractivity contribution < 1.29 is 9.13 Å². The minimum atomic E-state index is -0.489. The summed E-state index contributed by atoms with van der Waals surface area (Å²) in [5.74, 6) is 1.06. The zero-order chi connectivity index (χ0) is 23.6. The lowest BCUT2D eigenvalue weighted by molar-refractivity contribution is 0.227.